The lowest BCUT2D eigenvalue weighted by Crippen LogP contribution is -1.96. The van der Waals surface area contributed by atoms with Crippen molar-refractivity contribution in [2.45, 2.75) is 17.3 Å². The summed E-state index contributed by atoms with van der Waals surface area (Å²) in [5, 5.41) is 12.2. The van der Waals surface area contributed by atoms with Crippen LogP contribution in [0, 0.1) is 0 Å². The van der Waals surface area contributed by atoms with Gasteiger partial charge in [-0.1, -0.05) is 23.1 Å². The molecule has 7 heteroatoms. The summed E-state index contributed by atoms with van der Waals surface area (Å²) in [4.78, 5) is 0. The minimum atomic E-state index is 0.635. The maximum atomic E-state index is 5.23. The average Bonchev–Trinajstić information content (AvgIpc) is 3.03. The van der Waals surface area contributed by atoms with E-state index in [1.54, 1.807) is 36.5 Å². The molecule has 0 aliphatic carbocycles. The fourth-order valence-corrected chi connectivity index (χ4v) is 3.01. The molecule has 2 aromatic heterocycles. The van der Waals surface area contributed by atoms with Crippen LogP contribution in [-0.2, 0) is 11.3 Å². The number of ether oxygens (including phenoxy) is 1. The van der Waals surface area contributed by atoms with Crippen LogP contribution >= 0.6 is 23.1 Å². The number of nitrogens with zero attached hydrogens (tertiary/aromatic N) is 2. The number of thioether (sulfide) groups is 1. The van der Waals surface area contributed by atoms with E-state index in [-0.39, 0.29) is 0 Å². The van der Waals surface area contributed by atoms with Crippen LogP contribution in [0.3, 0.4) is 0 Å². The predicted octanol–water partition coefficient (Wildman–Crippen LogP) is 2.87. The minimum absolute atomic E-state index is 0.635. The van der Waals surface area contributed by atoms with Crippen LogP contribution in [0.5, 0.6) is 0 Å². The molecule has 0 radical (unpaired) electrons. The zero-order valence-electron chi connectivity index (χ0n) is 10.1. The average molecular weight is 285 g/mol. The normalized spacial score (nSPS) is 10.7. The second kappa shape index (κ2) is 7.40. The van der Waals surface area contributed by atoms with Crippen molar-refractivity contribution >= 4 is 28.2 Å². The van der Waals surface area contributed by atoms with Crippen molar-refractivity contribution in [3.8, 4) is 0 Å². The Morgan fingerprint density at radius 1 is 1.50 bits per heavy atom. The minimum Gasteiger partial charge on any atom is -0.467 e. The molecule has 0 saturated carbocycles. The molecular formula is C11H15N3O2S2. The molecule has 98 valence electrons. The Morgan fingerprint density at radius 2 is 2.44 bits per heavy atom. The highest BCUT2D eigenvalue weighted by Crippen LogP contribution is 2.26. The third-order valence-electron chi connectivity index (χ3n) is 2.12. The van der Waals surface area contributed by atoms with Crippen molar-refractivity contribution in [1.29, 1.82) is 0 Å². The molecule has 2 aromatic rings. The quantitative estimate of drug-likeness (QED) is 0.594. The first kappa shape index (κ1) is 13.4. The van der Waals surface area contributed by atoms with Gasteiger partial charge in [0, 0.05) is 19.5 Å². The molecule has 0 bridgehead atoms. The molecule has 2 heterocycles. The fourth-order valence-electron chi connectivity index (χ4n) is 1.28. The van der Waals surface area contributed by atoms with Gasteiger partial charge in [-0.2, -0.15) is 0 Å². The van der Waals surface area contributed by atoms with Gasteiger partial charge in [-0.15, -0.1) is 10.2 Å². The number of anilines is 1. The van der Waals surface area contributed by atoms with Gasteiger partial charge in [0.05, 0.1) is 12.8 Å². The Bertz CT molecular complexity index is 445. The molecule has 0 spiro atoms. The summed E-state index contributed by atoms with van der Waals surface area (Å²) in [6.07, 6.45) is 2.68. The van der Waals surface area contributed by atoms with Crippen LogP contribution in [0.25, 0.3) is 0 Å². The smallest absolute Gasteiger partial charge is 0.206 e. The van der Waals surface area contributed by atoms with E-state index < -0.39 is 0 Å². The molecule has 0 amide bonds. The number of methoxy groups -OCH3 is 1. The Kier molecular flexibility index (Phi) is 5.50. The van der Waals surface area contributed by atoms with Crippen molar-refractivity contribution in [3.05, 3.63) is 24.2 Å². The molecule has 0 saturated heterocycles. The van der Waals surface area contributed by atoms with E-state index in [1.165, 1.54) is 0 Å². The molecule has 0 unspecified atom stereocenters. The largest absolute Gasteiger partial charge is 0.467 e. The zero-order chi connectivity index (χ0) is 12.6. The highest BCUT2D eigenvalue weighted by Gasteiger charge is 2.04. The van der Waals surface area contributed by atoms with E-state index in [4.69, 9.17) is 9.15 Å². The second-order valence-corrected chi connectivity index (χ2v) is 5.82. The summed E-state index contributed by atoms with van der Waals surface area (Å²) in [5.41, 5.74) is 0. The SMILES string of the molecule is COCCCSc1nnc(NCc2ccco2)s1. The van der Waals surface area contributed by atoms with Crippen LogP contribution in [0.15, 0.2) is 27.2 Å². The van der Waals surface area contributed by atoms with E-state index in [9.17, 15) is 0 Å². The summed E-state index contributed by atoms with van der Waals surface area (Å²) < 4.78 is 11.2. The maximum Gasteiger partial charge on any atom is 0.206 e. The number of hydrogen-bond acceptors (Lipinski definition) is 7. The Labute approximate surface area is 114 Å². The predicted molar refractivity (Wildman–Crippen MR) is 73.2 cm³/mol. The van der Waals surface area contributed by atoms with Gasteiger partial charge in [0.1, 0.15) is 5.76 Å². The van der Waals surface area contributed by atoms with Crippen LogP contribution in [0.4, 0.5) is 5.13 Å². The third-order valence-corrected chi connectivity index (χ3v) is 4.22. The lowest BCUT2D eigenvalue weighted by Gasteiger charge is -1.97. The van der Waals surface area contributed by atoms with Gasteiger partial charge in [0.25, 0.3) is 0 Å². The van der Waals surface area contributed by atoms with Crippen molar-refractivity contribution in [2.75, 3.05) is 24.8 Å². The standard InChI is InChI=1S/C11H15N3O2S2/c1-15-5-3-7-17-11-14-13-10(18-11)12-8-9-4-2-6-16-9/h2,4,6H,3,5,7-8H2,1H3,(H,12,13). The molecule has 18 heavy (non-hydrogen) atoms. The first-order chi connectivity index (χ1) is 8.88. The van der Waals surface area contributed by atoms with Gasteiger partial charge in [-0.05, 0) is 18.6 Å². The molecule has 5 nitrogen and oxygen atoms in total. The van der Waals surface area contributed by atoms with Crippen LogP contribution in [-0.4, -0.2) is 29.7 Å². The third kappa shape index (κ3) is 4.32. The molecule has 0 aliphatic heterocycles. The van der Waals surface area contributed by atoms with Gasteiger partial charge in [-0.3, -0.25) is 0 Å². The first-order valence-electron chi connectivity index (χ1n) is 5.60. The lowest BCUT2D eigenvalue weighted by atomic mass is 10.4. The van der Waals surface area contributed by atoms with Crippen LogP contribution in [0.2, 0.25) is 0 Å². The van der Waals surface area contributed by atoms with Gasteiger partial charge in [0.15, 0.2) is 4.34 Å². The Morgan fingerprint density at radius 3 is 3.22 bits per heavy atom. The van der Waals surface area contributed by atoms with E-state index in [2.05, 4.69) is 15.5 Å². The van der Waals surface area contributed by atoms with Gasteiger partial charge in [-0.25, -0.2) is 0 Å². The monoisotopic (exact) mass is 285 g/mol. The number of hydrogen-bond donors (Lipinski definition) is 1. The van der Waals surface area contributed by atoms with Crippen LogP contribution < -0.4 is 5.32 Å². The number of furan rings is 1. The Hall–Kier alpha value is -1.05. The van der Waals surface area contributed by atoms with Gasteiger partial charge in [0.2, 0.25) is 5.13 Å². The first-order valence-corrected chi connectivity index (χ1v) is 7.40. The molecular weight excluding hydrogens is 270 g/mol. The second-order valence-electron chi connectivity index (χ2n) is 3.50. The molecule has 0 aromatic carbocycles. The topological polar surface area (TPSA) is 60.2 Å². The number of rotatable bonds is 8. The zero-order valence-corrected chi connectivity index (χ0v) is 11.7. The summed E-state index contributed by atoms with van der Waals surface area (Å²) in [7, 11) is 1.71. The molecule has 1 N–H and O–H groups in total. The van der Waals surface area contributed by atoms with Crippen molar-refractivity contribution in [1.82, 2.24) is 10.2 Å². The fraction of sp³-hybridized carbons (Fsp3) is 0.455. The highest BCUT2D eigenvalue weighted by molar-refractivity contribution is 8.01. The maximum absolute atomic E-state index is 5.23. The van der Waals surface area contributed by atoms with Crippen LogP contribution in [0.1, 0.15) is 12.2 Å². The summed E-state index contributed by atoms with van der Waals surface area (Å²) in [6, 6.07) is 3.79. The van der Waals surface area contributed by atoms with Gasteiger partial charge < -0.3 is 14.5 Å². The van der Waals surface area contributed by atoms with E-state index in [1.807, 2.05) is 12.1 Å². The van der Waals surface area contributed by atoms with Crippen molar-refractivity contribution in [3.63, 3.8) is 0 Å². The molecule has 0 aliphatic rings. The summed E-state index contributed by atoms with van der Waals surface area (Å²) >= 11 is 3.27. The number of nitrogens with one attached hydrogen (secondary N) is 1. The van der Waals surface area contributed by atoms with Gasteiger partial charge >= 0.3 is 0 Å². The molecule has 2 rings (SSSR count). The van der Waals surface area contributed by atoms with E-state index in [0.29, 0.717) is 6.54 Å². The summed E-state index contributed by atoms with van der Waals surface area (Å²) in [5.74, 6) is 1.89. The summed E-state index contributed by atoms with van der Waals surface area (Å²) in [6.45, 7) is 1.42. The van der Waals surface area contributed by atoms with Crippen molar-refractivity contribution < 1.29 is 9.15 Å². The Balaban J connectivity index is 1.72. The molecule has 0 fully saturated rings. The lowest BCUT2D eigenvalue weighted by molar-refractivity contribution is 0.200. The molecule has 0 atom stereocenters. The number of aromatic nitrogens is 2. The van der Waals surface area contributed by atoms with Crippen molar-refractivity contribution in [2.24, 2.45) is 0 Å². The van der Waals surface area contributed by atoms with E-state index >= 15 is 0 Å². The highest BCUT2D eigenvalue weighted by atomic mass is 32.2. The van der Waals surface area contributed by atoms with E-state index in [0.717, 1.165) is 34.0 Å².